The highest BCUT2D eigenvalue weighted by atomic mass is 14.8. The summed E-state index contributed by atoms with van der Waals surface area (Å²) in [6, 6.07) is 0. The fourth-order valence-electron chi connectivity index (χ4n) is 1.71. The molecule has 0 aromatic carbocycles. The Morgan fingerprint density at radius 2 is 1.20 bits per heavy atom. The van der Waals surface area contributed by atoms with Gasteiger partial charge in [0.15, 0.2) is 0 Å². The van der Waals surface area contributed by atoms with Crippen molar-refractivity contribution < 1.29 is 0 Å². The molecule has 2 N–H and O–H groups in total. The minimum atomic E-state index is 1.15. The molecule has 15 heavy (non-hydrogen) atoms. The quantitative estimate of drug-likeness (QED) is 0.488. The summed E-state index contributed by atoms with van der Waals surface area (Å²) < 4.78 is 0. The zero-order chi connectivity index (χ0) is 11.2. The van der Waals surface area contributed by atoms with Crippen LogP contribution in [0.5, 0.6) is 0 Å². The van der Waals surface area contributed by atoms with Gasteiger partial charge in [-0.25, -0.2) is 0 Å². The highest BCUT2D eigenvalue weighted by Gasteiger charge is 1.90. The lowest BCUT2D eigenvalue weighted by Crippen LogP contribution is -2.18. The molecule has 0 aliphatic heterocycles. The van der Waals surface area contributed by atoms with Crippen LogP contribution in [0.3, 0.4) is 0 Å². The Kier molecular flexibility index (Phi) is 13.8. The molecule has 0 aromatic heterocycles. The number of unbranched alkanes of at least 4 members (excludes halogenated alkanes) is 6. The first-order valence-corrected chi connectivity index (χ1v) is 6.77. The molecule has 0 radical (unpaired) electrons. The summed E-state index contributed by atoms with van der Waals surface area (Å²) >= 11 is 0. The zero-order valence-electron chi connectivity index (χ0n) is 10.8. The molecule has 0 spiro atoms. The van der Waals surface area contributed by atoms with Gasteiger partial charge in [-0.3, -0.25) is 0 Å². The first kappa shape index (κ1) is 14.9. The second-order valence-corrected chi connectivity index (χ2v) is 4.33. The molecule has 2 nitrogen and oxygen atoms in total. The highest BCUT2D eigenvalue weighted by Crippen LogP contribution is 2.03. The first-order valence-electron chi connectivity index (χ1n) is 6.77. The summed E-state index contributed by atoms with van der Waals surface area (Å²) in [5.74, 6) is 0. The molecule has 0 saturated carbocycles. The average molecular weight is 214 g/mol. The van der Waals surface area contributed by atoms with E-state index in [-0.39, 0.29) is 0 Å². The van der Waals surface area contributed by atoms with E-state index in [1.54, 1.807) is 0 Å². The second-order valence-electron chi connectivity index (χ2n) is 4.33. The summed E-state index contributed by atoms with van der Waals surface area (Å²) in [4.78, 5) is 0. The van der Waals surface area contributed by atoms with Gasteiger partial charge in [-0.2, -0.15) is 0 Å². The van der Waals surface area contributed by atoms with Crippen molar-refractivity contribution >= 4 is 0 Å². The largest absolute Gasteiger partial charge is 0.320 e. The van der Waals surface area contributed by atoms with Crippen LogP contribution in [0.25, 0.3) is 0 Å². The van der Waals surface area contributed by atoms with E-state index in [1.807, 2.05) is 7.05 Å². The van der Waals surface area contributed by atoms with Crippen LogP contribution in [0.15, 0.2) is 0 Å². The van der Waals surface area contributed by atoms with E-state index >= 15 is 0 Å². The van der Waals surface area contributed by atoms with Gasteiger partial charge in [-0.1, -0.05) is 39.0 Å². The van der Waals surface area contributed by atoms with Crippen molar-refractivity contribution in [2.45, 2.75) is 58.3 Å². The maximum absolute atomic E-state index is 3.51. The van der Waals surface area contributed by atoms with Crippen molar-refractivity contribution in [3.05, 3.63) is 0 Å². The summed E-state index contributed by atoms with van der Waals surface area (Å²) in [6.07, 6.45) is 11.0. The lowest BCUT2D eigenvalue weighted by Gasteiger charge is -2.04. The topological polar surface area (TPSA) is 24.1 Å². The van der Waals surface area contributed by atoms with Crippen molar-refractivity contribution in [2.24, 2.45) is 0 Å². The van der Waals surface area contributed by atoms with Gasteiger partial charge in [0.25, 0.3) is 0 Å². The SMILES string of the molecule is CCCCCCCCNCCCCNC. The molecule has 0 atom stereocenters. The summed E-state index contributed by atoms with van der Waals surface area (Å²) in [5, 5.41) is 6.68. The van der Waals surface area contributed by atoms with E-state index in [2.05, 4.69) is 17.6 Å². The fraction of sp³-hybridized carbons (Fsp3) is 1.00. The number of rotatable bonds is 12. The molecule has 0 rings (SSSR count). The summed E-state index contributed by atoms with van der Waals surface area (Å²) in [7, 11) is 2.02. The number of hydrogen-bond acceptors (Lipinski definition) is 2. The van der Waals surface area contributed by atoms with Gasteiger partial charge in [0.05, 0.1) is 0 Å². The maximum Gasteiger partial charge on any atom is -0.00484 e. The van der Waals surface area contributed by atoms with Gasteiger partial charge in [0.2, 0.25) is 0 Å². The molecular formula is C13H30N2. The van der Waals surface area contributed by atoms with Crippen LogP contribution < -0.4 is 10.6 Å². The zero-order valence-corrected chi connectivity index (χ0v) is 10.8. The minimum absolute atomic E-state index is 1.15. The van der Waals surface area contributed by atoms with Gasteiger partial charge >= 0.3 is 0 Å². The third kappa shape index (κ3) is 13.9. The molecule has 0 aromatic rings. The summed E-state index contributed by atoms with van der Waals surface area (Å²) in [6.45, 7) is 5.83. The smallest absolute Gasteiger partial charge is 0.00484 e. The minimum Gasteiger partial charge on any atom is -0.320 e. The Morgan fingerprint density at radius 1 is 0.667 bits per heavy atom. The molecule has 0 fully saturated rings. The van der Waals surface area contributed by atoms with E-state index in [0.717, 1.165) is 6.54 Å². The average Bonchev–Trinajstić information content (AvgIpc) is 2.26. The van der Waals surface area contributed by atoms with Crippen LogP contribution in [0.2, 0.25) is 0 Å². The predicted octanol–water partition coefficient (Wildman–Crippen LogP) is 2.94. The third-order valence-electron chi connectivity index (χ3n) is 2.74. The molecule has 2 heteroatoms. The van der Waals surface area contributed by atoms with Crippen molar-refractivity contribution in [3.8, 4) is 0 Å². The van der Waals surface area contributed by atoms with Crippen molar-refractivity contribution in [2.75, 3.05) is 26.7 Å². The first-order chi connectivity index (χ1) is 7.41. The number of nitrogens with one attached hydrogen (secondary N) is 2. The van der Waals surface area contributed by atoms with Gasteiger partial charge in [-0.05, 0) is 45.9 Å². The van der Waals surface area contributed by atoms with Gasteiger partial charge < -0.3 is 10.6 Å². The number of hydrogen-bond donors (Lipinski definition) is 2. The Labute approximate surface area is 96.2 Å². The van der Waals surface area contributed by atoms with Crippen molar-refractivity contribution in [1.82, 2.24) is 10.6 Å². The Morgan fingerprint density at radius 3 is 1.87 bits per heavy atom. The van der Waals surface area contributed by atoms with Crippen molar-refractivity contribution in [1.29, 1.82) is 0 Å². The van der Waals surface area contributed by atoms with E-state index < -0.39 is 0 Å². The van der Waals surface area contributed by atoms with Crippen LogP contribution in [-0.2, 0) is 0 Å². The molecule has 92 valence electrons. The second kappa shape index (κ2) is 13.9. The lowest BCUT2D eigenvalue weighted by molar-refractivity contribution is 0.555. The maximum atomic E-state index is 3.51. The fourth-order valence-corrected chi connectivity index (χ4v) is 1.71. The Bertz CT molecular complexity index is 92.7. The van der Waals surface area contributed by atoms with Crippen LogP contribution in [0, 0.1) is 0 Å². The standard InChI is InChI=1S/C13H30N2/c1-3-4-5-6-7-8-12-15-13-10-9-11-14-2/h14-15H,3-13H2,1-2H3. The van der Waals surface area contributed by atoms with Crippen LogP contribution >= 0.6 is 0 Å². The van der Waals surface area contributed by atoms with Gasteiger partial charge in [0.1, 0.15) is 0 Å². The highest BCUT2D eigenvalue weighted by molar-refractivity contribution is 4.51. The molecule has 0 bridgehead atoms. The van der Waals surface area contributed by atoms with Crippen LogP contribution in [0.4, 0.5) is 0 Å². The van der Waals surface area contributed by atoms with E-state index in [9.17, 15) is 0 Å². The van der Waals surface area contributed by atoms with Gasteiger partial charge in [0, 0.05) is 0 Å². The predicted molar refractivity (Wildman–Crippen MR) is 69.4 cm³/mol. The molecule has 0 unspecified atom stereocenters. The van der Waals surface area contributed by atoms with E-state index in [0.29, 0.717) is 0 Å². The molecule has 0 saturated heterocycles. The molecular weight excluding hydrogens is 184 g/mol. The Hall–Kier alpha value is -0.0800. The monoisotopic (exact) mass is 214 g/mol. The third-order valence-corrected chi connectivity index (χ3v) is 2.74. The van der Waals surface area contributed by atoms with E-state index in [1.165, 1.54) is 64.5 Å². The van der Waals surface area contributed by atoms with Crippen LogP contribution in [0.1, 0.15) is 58.3 Å². The van der Waals surface area contributed by atoms with Crippen molar-refractivity contribution in [3.63, 3.8) is 0 Å². The van der Waals surface area contributed by atoms with E-state index in [4.69, 9.17) is 0 Å². The Balaban J connectivity index is 2.81. The normalized spacial score (nSPS) is 10.8. The molecule has 0 aliphatic rings. The summed E-state index contributed by atoms with van der Waals surface area (Å²) in [5.41, 5.74) is 0. The molecule has 0 heterocycles. The van der Waals surface area contributed by atoms with Crippen LogP contribution in [-0.4, -0.2) is 26.7 Å². The molecule has 0 aliphatic carbocycles. The molecule has 0 amide bonds. The van der Waals surface area contributed by atoms with Gasteiger partial charge in [-0.15, -0.1) is 0 Å². The lowest BCUT2D eigenvalue weighted by atomic mass is 10.1.